The number of hydrogen-bond acceptors (Lipinski definition) is 3. The van der Waals surface area contributed by atoms with E-state index in [1.807, 2.05) is 0 Å². The fraction of sp³-hybridized carbons (Fsp3) is 0.278. The Hall–Kier alpha value is -2.26. The number of nitrogens with zero attached hydrogens (tertiary/aromatic N) is 1. The first-order valence-electron chi connectivity index (χ1n) is 8.09. The summed E-state index contributed by atoms with van der Waals surface area (Å²) in [4.78, 5) is 12.5. The van der Waals surface area contributed by atoms with Crippen molar-refractivity contribution >= 4 is 33.2 Å². The van der Waals surface area contributed by atoms with Gasteiger partial charge >= 0.3 is 6.18 Å². The first-order valence-corrected chi connectivity index (χ1v) is 10.3. The van der Waals surface area contributed by atoms with Crippen molar-refractivity contribution in [1.29, 1.82) is 0 Å². The molecule has 0 saturated heterocycles. The lowest BCUT2D eigenvalue weighted by Crippen LogP contribution is -2.47. The predicted octanol–water partition coefficient (Wildman–Crippen LogP) is 3.83. The maximum atomic E-state index is 13.0. The van der Waals surface area contributed by atoms with E-state index >= 15 is 0 Å². The van der Waals surface area contributed by atoms with Crippen LogP contribution in [0.25, 0.3) is 0 Å². The number of rotatable bonds is 6. The molecule has 0 heterocycles. The summed E-state index contributed by atoms with van der Waals surface area (Å²) in [5, 5.41) is 2.98. The van der Waals surface area contributed by atoms with Crippen LogP contribution in [0, 0.1) is 0 Å². The number of sulfonamides is 1. The van der Waals surface area contributed by atoms with E-state index in [2.05, 4.69) is 5.32 Å². The van der Waals surface area contributed by atoms with Crippen molar-refractivity contribution in [2.75, 3.05) is 10.6 Å². The Kier molecular flexibility index (Phi) is 6.61. The lowest BCUT2D eigenvalue weighted by atomic mass is 10.1. The quantitative estimate of drug-likeness (QED) is 0.751. The molecule has 10 heteroatoms. The van der Waals surface area contributed by atoms with Crippen molar-refractivity contribution < 1.29 is 26.4 Å². The Bertz CT molecular complexity index is 965. The minimum atomic E-state index is -4.64. The topological polar surface area (TPSA) is 66.5 Å². The molecular weight excluding hydrogens is 417 g/mol. The molecule has 1 N–H and O–H groups in total. The van der Waals surface area contributed by atoms with E-state index in [4.69, 9.17) is 11.6 Å². The van der Waals surface area contributed by atoms with E-state index in [1.54, 1.807) is 24.3 Å². The number of nitrogens with one attached hydrogen (secondary N) is 1. The SMILES string of the molecule is C[C@H](C(=O)NCc1ccccc1Cl)N(c1cccc(C(F)(F)F)c1)S(C)(=O)=O. The van der Waals surface area contributed by atoms with Crippen LogP contribution in [-0.2, 0) is 27.5 Å². The van der Waals surface area contributed by atoms with Gasteiger partial charge in [0, 0.05) is 11.6 Å². The van der Waals surface area contributed by atoms with Gasteiger partial charge in [0.25, 0.3) is 0 Å². The van der Waals surface area contributed by atoms with Crippen LogP contribution in [0.5, 0.6) is 0 Å². The van der Waals surface area contributed by atoms with Gasteiger partial charge in [0.05, 0.1) is 17.5 Å². The fourth-order valence-corrected chi connectivity index (χ4v) is 3.97. The Balaban J connectivity index is 2.28. The third-order valence-corrected chi connectivity index (χ3v) is 5.54. The van der Waals surface area contributed by atoms with Crippen LogP contribution in [0.15, 0.2) is 48.5 Å². The lowest BCUT2D eigenvalue weighted by Gasteiger charge is -2.28. The molecule has 0 aliphatic rings. The molecule has 0 spiro atoms. The molecule has 0 radical (unpaired) electrons. The Morgan fingerprint density at radius 3 is 2.39 bits per heavy atom. The van der Waals surface area contributed by atoms with E-state index in [0.29, 0.717) is 21.0 Å². The maximum absolute atomic E-state index is 13.0. The van der Waals surface area contributed by atoms with Crippen LogP contribution in [-0.4, -0.2) is 26.6 Å². The van der Waals surface area contributed by atoms with E-state index in [9.17, 15) is 26.4 Å². The summed E-state index contributed by atoms with van der Waals surface area (Å²) in [6.45, 7) is 1.34. The van der Waals surface area contributed by atoms with E-state index in [0.717, 1.165) is 18.4 Å². The molecular formula is C18H18ClF3N2O3S. The van der Waals surface area contributed by atoms with Crippen LogP contribution in [0.1, 0.15) is 18.1 Å². The summed E-state index contributed by atoms with van der Waals surface area (Å²) in [5.41, 5.74) is -0.644. The van der Waals surface area contributed by atoms with E-state index in [1.165, 1.54) is 13.0 Å². The van der Waals surface area contributed by atoms with Crippen LogP contribution in [0.2, 0.25) is 5.02 Å². The van der Waals surface area contributed by atoms with Crippen molar-refractivity contribution in [3.05, 3.63) is 64.7 Å². The molecule has 5 nitrogen and oxygen atoms in total. The summed E-state index contributed by atoms with van der Waals surface area (Å²) >= 11 is 6.01. The van der Waals surface area contributed by atoms with Gasteiger partial charge < -0.3 is 5.32 Å². The van der Waals surface area contributed by atoms with Gasteiger partial charge in [0.1, 0.15) is 6.04 Å². The molecule has 1 atom stereocenters. The van der Waals surface area contributed by atoms with Gasteiger partial charge in [-0.3, -0.25) is 9.10 Å². The van der Waals surface area contributed by atoms with Gasteiger partial charge in [-0.1, -0.05) is 35.9 Å². The number of carbonyl (C=O) groups is 1. The highest BCUT2D eigenvalue weighted by Gasteiger charge is 2.34. The number of amides is 1. The van der Waals surface area contributed by atoms with Gasteiger partial charge in [0.15, 0.2) is 0 Å². The Morgan fingerprint density at radius 1 is 1.18 bits per heavy atom. The third-order valence-electron chi connectivity index (χ3n) is 3.93. The van der Waals surface area contributed by atoms with E-state index < -0.39 is 33.7 Å². The minimum Gasteiger partial charge on any atom is -0.350 e. The first kappa shape index (κ1) is 22.0. The molecule has 0 unspecified atom stereocenters. The second-order valence-electron chi connectivity index (χ2n) is 6.09. The number of carbonyl (C=O) groups excluding carboxylic acids is 1. The van der Waals surface area contributed by atoms with Crippen molar-refractivity contribution in [3.63, 3.8) is 0 Å². The van der Waals surface area contributed by atoms with Crippen LogP contribution < -0.4 is 9.62 Å². The number of alkyl halides is 3. The molecule has 0 fully saturated rings. The first-order chi connectivity index (χ1) is 12.9. The summed E-state index contributed by atoms with van der Waals surface area (Å²) in [5.74, 6) is -0.678. The number of benzene rings is 2. The zero-order valence-electron chi connectivity index (χ0n) is 15.0. The second-order valence-corrected chi connectivity index (χ2v) is 8.36. The van der Waals surface area contributed by atoms with Crippen LogP contribution >= 0.6 is 11.6 Å². The highest BCUT2D eigenvalue weighted by molar-refractivity contribution is 7.92. The molecule has 0 aliphatic heterocycles. The monoisotopic (exact) mass is 434 g/mol. The molecule has 152 valence electrons. The molecule has 0 aromatic heterocycles. The molecule has 0 saturated carbocycles. The van der Waals surface area contributed by atoms with Gasteiger partial charge in [-0.25, -0.2) is 8.42 Å². The molecule has 2 aromatic rings. The largest absolute Gasteiger partial charge is 0.416 e. The summed E-state index contributed by atoms with van der Waals surface area (Å²) in [7, 11) is -4.04. The smallest absolute Gasteiger partial charge is 0.350 e. The zero-order chi connectivity index (χ0) is 21.1. The molecule has 28 heavy (non-hydrogen) atoms. The van der Waals surface area contributed by atoms with Crippen molar-refractivity contribution in [2.24, 2.45) is 0 Å². The van der Waals surface area contributed by atoms with Gasteiger partial charge in [0.2, 0.25) is 15.9 Å². The fourth-order valence-electron chi connectivity index (χ4n) is 2.60. The summed E-state index contributed by atoms with van der Waals surface area (Å²) in [6.07, 6.45) is -3.82. The predicted molar refractivity (Wildman–Crippen MR) is 102 cm³/mol. The summed E-state index contributed by atoms with van der Waals surface area (Å²) < 4.78 is 64.0. The van der Waals surface area contributed by atoms with Crippen LogP contribution in [0.3, 0.4) is 0 Å². The van der Waals surface area contributed by atoms with Gasteiger partial charge in [-0.15, -0.1) is 0 Å². The maximum Gasteiger partial charge on any atom is 0.416 e. The highest BCUT2D eigenvalue weighted by atomic mass is 35.5. The third kappa shape index (κ3) is 5.39. The lowest BCUT2D eigenvalue weighted by molar-refractivity contribution is -0.137. The molecule has 0 bridgehead atoms. The van der Waals surface area contributed by atoms with Crippen LogP contribution in [0.4, 0.5) is 18.9 Å². The number of anilines is 1. The summed E-state index contributed by atoms with van der Waals surface area (Å²) in [6, 6.07) is 9.30. The minimum absolute atomic E-state index is 0.0447. The molecule has 1 amide bonds. The zero-order valence-corrected chi connectivity index (χ0v) is 16.6. The molecule has 2 rings (SSSR count). The van der Waals surface area contributed by atoms with Crippen molar-refractivity contribution in [1.82, 2.24) is 5.32 Å². The molecule has 0 aliphatic carbocycles. The molecule has 2 aromatic carbocycles. The Morgan fingerprint density at radius 2 is 1.82 bits per heavy atom. The van der Waals surface area contributed by atoms with Crippen molar-refractivity contribution in [3.8, 4) is 0 Å². The number of hydrogen-bond donors (Lipinski definition) is 1. The Labute approximate surface area is 166 Å². The standard InChI is InChI=1S/C18H18ClF3N2O3S/c1-12(17(25)23-11-13-6-3-4-9-16(13)19)24(28(2,26)27)15-8-5-7-14(10-15)18(20,21)22/h3-10,12H,11H2,1-2H3,(H,23,25)/t12-/m1/s1. The van der Waals surface area contributed by atoms with Crippen molar-refractivity contribution in [2.45, 2.75) is 25.7 Å². The van der Waals surface area contributed by atoms with Gasteiger partial charge in [-0.05, 0) is 36.8 Å². The van der Waals surface area contributed by atoms with Gasteiger partial charge in [-0.2, -0.15) is 13.2 Å². The highest BCUT2D eigenvalue weighted by Crippen LogP contribution is 2.32. The second kappa shape index (κ2) is 8.40. The average molecular weight is 435 g/mol. The normalized spacial score (nSPS) is 13.1. The number of halogens is 4. The average Bonchev–Trinajstić information content (AvgIpc) is 2.59. The van der Waals surface area contributed by atoms with E-state index in [-0.39, 0.29) is 12.2 Å².